The molecule has 0 fully saturated rings. The summed E-state index contributed by atoms with van der Waals surface area (Å²) >= 11 is 0. The van der Waals surface area contributed by atoms with E-state index < -0.39 is 0 Å². The summed E-state index contributed by atoms with van der Waals surface area (Å²) in [6, 6.07) is 15.9. The van der Waals surface area contributed by atoms with E-state index in [0.29, 0.717) is 6.61 Å². The Morgan fingerprint density at radius 1 is 0.929 bits per heavy atom. The molecule has 0 aromatic heterocycles. The van der Waals surface area contributed by atoms with Gasteiger partial charge in [0.25, 0.3) is 5.91 Å². The van der Waals surface area contributed by atoms with Crippen LogP contribution >= 0.6 is 0 Å². The van der Waals surface area contributed by atoms with Crippen LogP contribution in [0, 0.1) is 0 Å². The first-order valence-corrected chi connectivity index (χ1v) is 10.6. The van der Waals surface area contributed by atoms with Crippen molar-refractivity contribution in [2.75, 3.05) is 18.5 Å². The van der Waals surface area contributed by atoms with Gasteiger partial charge in [-0.15, -0.1) is 0 Å². The summed E-state index contributed by atoms with van der Waals surface area (Å²) in [5.41, 5.74) is 2.66. The Morgan fingerprint density at radius 2 is 1.68 bits per heavy atom. The minimum absolute atomic E-state index is 0.0885. The quantitative estimate of drug-likeness (QED) is 0.513. The molecule has 1 atom stereocenters. The van der Waals surface area contributed by atoms with E-state index in [1.54, 1.807) is 0 Å². The van der Waals surface area contributed by atoms with E-state index in [0.717, 1.165) is 48.4 Å². The lowest BCUT2D eigenvalue weighted by molar-refractivity contribution is 0.0677. The molecule has 0 saturated heterocycles. The highest BCUT2D eigenvalue weighted by molar-refractivity contribution is 6.01. The first-order chi connectivity index (χ1) is 13.8. The molecular weight excluding hydrogens is 348 g/mol. The molecule has 4 heteroatoms. The molecule has 4 nitrogen and oxygen atoms in total. The fourth-order valence-electron chi connectivity index (χ4n) is 3.65. The maximum Gasteiger partial charge on any atom is 0.257 e. The summed E-state index contributed by atoms with van der Waals surface area (Å²) in [4.78, 5) is 15.1. The Balaban J connectivity index is 1.84. The molecule has 0 radical (unpaired) electrons. The van der Waals surface area contributed by atoms with Crippen LogP contribution in [0.1, 0.15) is 74.5 Å². The van der Waals surface area contributed by atoms with Crippen LogP contribution in [0.2, 0.25) is 0 Å². The smallest absolute Gasteiger partial charge is 0.257 e. The molecule has 1 amide bonds. The monoisotopic (exact) mass is 380 g/mol. The lowest BCUT2D eigenvalue weighted by atomic mass is 10.0. The Kier molecular flexibility index (Phi) is 7.35. The highest BCUT2D eigenvalue weighted by atomic mass is 16.5. The number of nitrogens with one attached hydrogen (secondary N) is 1. The average molecular weight is 381 g/mol. The van der Waals surface area contributed by atoms with E-state index in [1.165, 1.54) is 19.3 Å². The molecule has 1 heterocycles. The minimum atomic E-state index is -0.208. The molecule has 1 aliphatic rings. The van der Waals surface area contributed by atoms with Crippen molar-refractivity contribution in [3.8, 4) is 5.75 Å². The number of anilines is 1. The van der Waals surface area contributed by atoms with Crippen LogP contribution in [0.25, 0.3) is 0 Å². The number of hydrogen-bond donors (Lipinski definition) is 1. The van der Waals surface area contributed by atoms with Crippen LogP contribution in [0.15, 0.2) is 48.5 Å². The maximum atomic E-state index is 13.2. The zero-order valence-corrected chi connectivity index (χ0v) is 17.1. The topological polar surface area (TPSA) is 41.6 Å². The van der Waals surface area contributed by atoms with Gasteiger partial charge >= 0.3 is 0 Å². The van der Waals surface area contributed by atoms with E-state index in [4.69, 9.17) is 4.74 Å². The summed E-state index contributed by atoms with van der Waals surface area (Å²) < 4.78 is 6.13. The molecule has 0 spiro atoms. The number of hydrogen-bond acceptors (Lipinski definition) is 3. The number of nitrogens with zero attached hydrogens (tertiary/aromatic N) is 1. The molecule has 1 aliphatic heterocycles. The van der Waals surface area contributed by atoms with Crippen LogP contribution in [0.4, 0.5) is 5.69 Å². The van der Waals surface area contributed by atoms with Crippen LogP contribution in [0.3, 0.4) is 0 Å². The summed E-state index contributed by atoms with van der Waals surface area (Å²) in [5, 5.41) is 3.58. The Morgan fingerprint density at radius 3 is 2.50 bits per heavy atom. The number of amides is 1. The van der Waals surface area contributed by atoms with Crippen LogP contribution < -0.4 is 10.1 Å². The second-order valence-electron chi connectivity index (χ2n) is 7.39. The van der Waals surface area contributed by atoms with Crippen LogP contribution in [-0.4, -0.2) is 24.0 Å². The van der Waals surface area contributed by atoms with E-state index in [2.05, 4.69) is 25.2 Å². The minimum Gasteiger partial charge on any atom is -0.493 e. The average Bonchev–Trinajstić information content (AvgIpc) is 2.73. The molecule has 3 rings (SSSR count). The second-order valence-corrected chi connectivity index (χ2v) is 7.39. The molecular formula is C24H32N2O2. The second kappa shape index (κ2) is 10.2. The molecule has 0 saturated carbocycles. The fraction of sp³-hybridized carbons (Fsp3) is 0.458. The predicted octanol–water partition coefficient (Wildman–Crippen LogP) is 6.01. The number of rotatable bonds is 10. The molecule has 28 heavy (non-hydrogen) atoms. The molecule has 150 valence electrons. The first-order valence-electron chi connectivity index (χ1n) is 10.6. The molecule has 1 N–H and O–H groups in total. The van der Waals surface area contributed by atoms with Crippen molar-refractivity contribution >= 4 is 11.6 Å². The molecule has 0 aliphatic carbocycles. The Bertz CT molecular complexity index is 775. The number of ether oxygens (including phenoxy) is 1. The zero-order valence-electron chi connectivity index (χ0n) is 17.1. The van der Waals surface area contributed by atoms with E-state index in [-0.39, 0.29) is 12.1 Å². The largest absolute Gasteiger partial charge is 0.493 e. The standard InChI is InChI=1S/C24H32N2O2/c1-3-5-7-12-18-28-22-16-11-9-14-20(22)23-25-21-15-10-8-13-19(21)24(27)26(23)17-6-4-2/h8-11,13-16,23,25H,3-7,12,17-18H2,1-2H3. The normalized spacial score (nSPS) is 15.9. The van der Waals surface area contributed by atoms with Gasteiger partial charge in [-0.25, -0.2) is 0 Å². The van der Waals surface area contributed by atoms with Gasteiger partial charge in [0, 0.05) is 17.8 Å². The SMILES string of the molecule is CCCCCCOc1ccccc1C1Nc2ccccc2C(=O)N1CCCC. The van der Waals surface area contributed by atoms with E-state index >= 15 is 0 Å². The Labute approximate surface area is 168 Å². The number of fused-ring (bicyclic) bond motifs is 1. The van der Waals surface area contributed by atoms with E-state index in [9.17, 15) is 4.79 Å². The molecule has 2 aromatic rings. The first kappa shape index (κ1) is 20.2. The Hall–Kier alpha value is -2.49. The highest BCUT2D eigenvalue weighted by Crippen LogP contribution is 2.37. The highest BCUT2D eigenvalue weighted by Gasteiger charge is 2.33. The number of para-hydroxylation sites is 2. The third-order valence-corrected chi connectivity index (χ3v) is 5.24. The van der Waals surface area contributed by atoms with Crippen molar-refractivity contribution in [3.05, 3.63) is 59.7 Å². The summed E-state index contributed by atoms with van der Waals surface area (Å²) in [6.45, 7) is 5.80. The maximum absolute atomic E-state index is 13.2. The van der Waals surface area contributed by atoms with Gasteiger partial charge in [0.05, 0.1) is 12.2 Å². The van der Waals surface area contributed by atoms with Crippen molar-refractivity contribution in [2.45, 2.75) is 58.5 Å². The van der Waals surface area contributed by atoms with Gasteiger partial charge in [-0.2, -0.15) is 0 Å². The summed E-state index contributed by atoms with van der Waals surface area (Å²) in [5.74, 6) is 0.954. The van der Waals surface area contributed by atoms with Crippen molar-refractivity contribution in [1.29, 1.82) is 0 Å². The van der Waals surface area contributed by atoms with Gasteiger partial charge in [-0.05, 0) is 31.0 Å². The zero-order chi connectivity index (χ0) is 19.8. The lowest BCUT2D eigenvalue weighted by Gasteiger charge is -2.38. The molecule has 2 aromatic carbocycles. The third-order valence-electron chi connectivity index (χ3n) is 5.24. The van der Waals surface area contributed by atoms with Crippen molar-refractivity contribution < 1.29 is 9.53 Å². The van der Waals surface area contributed by atoms with Crippen molar-refractivity contribution in [1.82, 2.24) is 4.90 Å². The van der Waals surface area contributed by atoms with Crippen LogP contribution in [-0.2, 0) is 0 Å². The number of unbranched alkanes of at least 4 members (excludes halogenated alkanes) is 4. The number of benzene rings is 2. The molecule has 1 unspecified atom stereocenters. The van der Waals surface area contributed by atoms with Gasteiger partial charge in [0.15, 0.2) is 0 Å². The van der Waals surface area contributed by atoms with Gasteiger partial charge < -0.3 is 15.0 Å². The van der Waals surface area contributed by atoms with E-state index in [1.807, 2.05) is 47.4 Å². The number of carbonyl (C=O) groups is 1. The number of carbonyl (C=O) groups excluding carboxylic acids is 1. The van der Waals surface area contributed by atoms with Gasteiger partial charge in [0.1, 0.15) is 11.9 Å². The molecule has 0 bridgehead atoms. The lowest BCUT2D eigenvalue weighted by Crippen LogP contribution is -2.43. The van der Waals surface area contributed by atoms with Gasteiger partial charge in [-0.3, -0.25) is 4.79 Å². The van der Waals surface area contributed by atoms with Crippen LogP contribution in [0.5, 0.6) is 5.75 Å². The summed E-state index contributed by atoms with van der Waals surface area (Å²) in [6.07, 6.45) is 6.53. The van der Waals surface area contributed by atoms with Gasteiger partial charge in [-0.1, -0.05) is 69.9 Å². The van der Waals surface area contributed by atoms with Crippen molar-refractivity contribution in [2.24, 2.45) is 0 Å². The fourth-order valence-corrected chi connectivity index (χ4v) is 3.65. The summed E-state index contributed by atoms with van der Waals surface area (Å²) in [7, 11) is 0. The van der Waals surface area contributed by atoms with Crippen molar-refractivity contribution in [3.63, 3.8) is 0 Å². The van der Waals surface area contributed by atoms with Gasteiger partial charge in [0.2, 0.25) is 0 Å². The predicted molar refractivity (Wildman–Crippen MR) is 115 cm³/mol. The third kappa shape index (κ3) is 4.67.